The molecule has 3 aromatic rings. The molecule has 2 aromatic heterocycles. The number of rotatable bonds is 1. The average molecular weight is 279 g/mol. The fraction of sp³-hybridized carbons (Fsp3) is 0. The number of amides is 1. The number of halogens is 1. The van der Waals surface area contributed by atoms with Crippen LogP contribution in [0.15, 0.2) is 36.4 Å². The van der Waals surface area contributed by atoms with Gasteiger partial charge in [0.2, 0.25) is 0 Å². The summed E-state index contributed by atoms with van der Waals surface area (Å²) in [5.74, 6) is 0. The summed E-state index contributed by atoms with van der Waals surface area (Å²) in [7, 11) is 0. The number of nitrogens with one attached hydrogen (secondary N) is 1. The molecule has 0 aliphatic rings. The van der Waals surface area contributed by atoms with Crippen LogP contribution in [0.5, 0.6) is 0 Å². The molecule has 0 atom stereocenters. The van der Waals surface area contributed by atoms with Gasteiger partial charge in [-0.15, -0.1) is 11.3 Å². The van der Waals surface area contributed by atoms with Crippen molar-refractivity contribution in [3.8, 4) is 0 Å². The molecule has 7 heteroatoms. The molecule has 0 radical (unpaired) electrons. The fourth-order valence-corrected chi connectivity index (χ4v) is 2.46. The summed E-state index contributed by atoms with van der Waals surface area (Å²) in [4.78, 5) is 19.9. The van der Waals surface area contributed by atoms with Gasteiger partial charge < -0.3 is 5.32 Å². The summed E-state index contributed by atoms with van der Waals surface area (Å²) in [6.45, 7) is 0. The van der Waals surface area contributed by atoms with Crippen LogP contribution in [0.4, 0.5) is 10.5 Å². The number of fused-ring (bicyclic) bond motifs is 1. The van der Waals surface area contributed by atoms with Gasteiger partial charge in [0.25, 0.3) is 0 Å². The number of nitrogens with zero attached hydrogens (tertiary/aromatic N) is 3. The van der Waals surface area contributed by atoms with Gasteiger partial charge in [-0.25, -0.2) is 14.8 Å². The van der Waals surface area contributed by atoms with Crippen molar-refractivity contribution in [1.82, 2.24) is 14.5 Å². The minimum atomic E-state index is -0.324. The van der Waals surface area contributed by atoms with E-state index in [-0.39, 0.29) is 6.03 Å². The number of imidazole rings is 1. The van der Waals surface area contributed by atoms with E-state index < -0.39 is 0 Å². The van der Waals surface area contributed by atoms with Crippen LogP contribution in [-0.2, 0) is 0 Å². The lowest BCUT2D eigenvalue weighted by atomic mass is 10.3. The maximum atomic E-state index is 11.9. The maximum Gasteiger partial charge on any atom is 0.331 e. The fourth-order valence-electron chi connectivity index (χ4n) is 1.58. The molecule has 1 amide bonds. The molecule has 0 aliphatic carbocycles. The molecule has 0 spiro atoms. The second-order valence-corrected chi connectivity index (χ2v) is 4.82. The molecule has 5 nitrogen and oxygen atoms in total. The summed E-state index contributed by atoms with van der Waals surface area (Å²) >= 11 is 7.59. The topological polar surface area (TPSA) is 59.8 Å². The Bertz CT molecular complexity index is 707. The van der Waals surface area contributed by atoms with Crippen LogP contribution in [0.2, 0.25) is 5.02 Å². The third kappa shape index (κ3) is 1.85. The monoisotopic (exact) mass is 278 g/mol. The van der Waals surface area contributed by atoms with E-state index >= 15 is 0 Å². The number of carbonyl (C=O) groups is 1. The number of hydrogen-bond donors (Lipinski definition) is 1. The maximum absolute atomic E-state index is 11.9. The highest BCUT2D eigenvalue weighted by atomic mass is 35.5. The predicted molar refractivity (Wildman–Crippen MR) is 71.3 cm³/mol. The molecule has 1 aromatic carbocycles. The summed E-state index contributed by atoms with van der Waals surface area (Å²) in [6, 6.07) is 3.29. The number of hydrogen-bond acceptors (Lipinski definition) is 4. The Kier molecular flexibility index (Phi) is 2.73. The van der Waals surface area contributed by atoms with E-state index in [1.165, 1.54) is 28.4 Å². The molecule has 18 heavy (non-hydrogen) atoms. The van der Waals surface area contributed by atoms with Crippen molar-refractivity contribution in [1.29, 1.82) is 0 Å². The summed E-state index contributed by atoms with van der Waals surface area (Å²) in [5.41, 5.74) is 2.93. The van der Waals surface area contributed by atoms with Crippen molar-refractivity contribution in [3.05, 3.63) is 41.4 Å². The van der Waals surface area contributed by atoms with E-state index in [0.717, 1.165) is 4.70 Å². The summed E-state index contributed by atoms with van der Waals surface area (Å²) < 4.78 is 2.31. The Morgan fingerprint density at radius 2 is 2.33 bits per heavy atom. The quantitative estimate of drug-likeness (QED) is 0.743. The first kappa shape index (κ1) is 11.2. The standard InChI is InChI=1S/C11H7ClN4OS/c12-7-1-2-8-10(14-6-18-8)9(7)15-11(17)16-4-3-13-5-16/h1-6H,(H,15,17). The molecular formula is C11H7ClN4OS. The van der Waals surface area contributed by atoms with Gasteiger partial charge in [0, 0.05) is 12.4 Å². The molecule has 1 N–H and O–H groups in total. The van der Waals surface area contributed by atoms with Gasteiger partial charge in [0.1, 0.15) is 11.8 Å². The van der Waals surface area contributed by atoms with Crippen LogP contribution in [0.3, 0.4) is 0 Å². The molecule has 90 valence electrons. The second-order valence-electron chi connectivity index (χ2n) is 3.52. The van der Waals surface area contributed by atoms with Gasteiger partial charge in [-0.3, -0.25) is 4.57 Å². The number of thiazole rings is 1. The zero-order valence-corrected chi connectivity index (χ0v) is 10.6. The number of anilines is 1. The Morgan fingerprint density at radius 1 is 1.44 bits per heavy atom. The highest BCUT2D eigenvalue weighted by Gasteiger charge is 2.12. The third-order valence-corrected chi connectivity index (χ3v) is 3.53. The molecule has 0 bridgehead atoms. The molecule has 0 fully saturated rings. The van der Waals surface area contributed by atoms with E-state index in [4.69, 9.17) is 11.6 Å². The average Bonchev–Trinajstić information content (AvgIpc) is 3.02. The van der Waals surface area contributed by atoms with Crippen molar-refractivity contribution in [2.45, 2.75) is 0 Å². The molecule has 0 aliphatic heterocycles. The van der Waals surface area contributed by atoms with Crippen LogP contribution >= 0.6 is 22.9 Å². The summed E-state index contributed by atoms with van der Waals surface area (Å²) in [6.07, 6.45) is 4.51. The first-order valence-electron chi connectivity index (χ1n) is 5.07. The molecule has 0 saturated carbocycles. The molecule has 3 rings (SSSR count). The van der Waals surface area contributed by atoms with E-state index in [1.807, 2.05) is 6.07 Å². The lowest BCUT2D eigenvalue weighted by molar-refractivity contribution is 0.253. The zero-order valence-electron chi connectivity index (χ0n) is 9.00. The number of carbonyl (C=O) groups excluding carboxylic acids is 1. The Morgan fingerprint density at radius 3 is 3.11 bits per heavy atom. The predicted octanol–water partition coefficient (Wildman–Crippen LogP) is 3.23. The van der Waals surface area contributed by atoms with Crippen LogP contribution in [-0.4, -0.2) is 20.6 Å². The Balaban J connectivity index is 2.02. The largest absolute Gasteiger partial charge is 0.331 e. The normalized spacial score (nSPS) is 10.7. The van der Waals surface area contributed by atoms with Gasteiger partial charge >= 0.3 is 6.03 Å². The van der Waals surface area contributed by atoms with E-state index in [2.05, 4.69) is 15.3 Å². The highest BCUT2D eigenvalue weighted by molar-refractivity contribution is 7.16. The van der Waals surface area contributed by atoms with E-state index in [9.17, 15) is 4.79 Å². The highest BCUT2D eigenvalue weighted by Crippen LogP contribution is 2.32. The van der Waals surface area contributed by atoms with Crippen molar-refractivity contribution < 1.29 is 4.79 Å². The zero-order chi connectivity index (χ0) is 12.5. The van der Waals surface area contributed by atoms with Gasteiger partial charge in [-0.2, -0.15) is 0 Å². The smallest absolute Gasteiger partial charge is 0.304 e. The Hall–Kier alpha value is -1.92. The van der Waals surface area contributed by atoms with Gasteiger partial charge in [-0.1, -0.05) is 11.6 Å². The third-order valence-electron chi connectivity index (χ3n) is 2.42. The SMILES string of the molecule is O=C(Nc1c(Cl)ccc2scnc12)n1ccnc1. The van der Waals surface area contributed by atoms with Crippen LogP contribution < -0.4 is 5.32 Å². The van der Waals surface area contributed by atoms with Crippen LogP contribution in [0, 0.1) is 0 Å². The Labute approximate surface area is 111 Å². The van der Waals surface area contributed by atoms with Crippen molar-refractivity contribution in [2.75, 3.05) is 5.32 Å². The van der Waals surface area contributed by atoms with Gasteiger partial charge in [0.05, 0.1) is 20.9 Å². The number of aromatic nitrogens is 3. The van der Waals surface area contributed by atoms with Crippen LogP contribution in [0.1, 0.15) is 0 Å². The first-order chi connectivity index (χ1) is 8.75. The molecule has 0 saturated heterocycles. The number of benzene rings is 1. The van der Waals surface area contributed by atoms with Crippen molar-refractivity contribution >= 4 is 44.9 Å². The lowest BCUT2D eigenvalue weighted by Crippen LogP contribution is -2.18. The van der Waals surface area contributed by atoms with E-state index in [0.29, 0.717) is 16.2 Å². The first-order valence-corrected chi connectivity index (χ1v) is 6.32. The van der Waals surface area contributed by atoms with Gasteiger partial charge in [-0.05, 0) is 12.1 Å². The van der Waals surface area contributed by atoms with E-state index in [1.54, 1.807) is 17.8 Å². The second kappa shape index (κ2) is 4.40. The van der Waals surface area contributed by atoms with Crippen LogP contribution in [0.25, 0.3) is 10.2 Å². The summed E-state index contributed by atoms with van der Waals surface area (Å²) in [5, 5.41) is 3.20. The molecule has 0 unspecified atom stereocenters. The minimum absolute atomic E-state index is 0.324. The molecular weight excluding hydrogens is 272 g/mol. The van der Waals surface area contributed by atoms with Crippen molar-refractivity contribution in [3.63, 3.8) is 0 Å². The minimum Gasteiger partial charge on any atom is -0.304 e. The van der Waals surface area contributed by atoms with Crippen molar-refractivity contribution in [2.24, 2.45) is 0 Å². The van der Waals surface area contributed by atoms with Gasteiger partial charge in [0.15, 0.2) is 0 Å². The lowest BCUT2D eigenvalue weighted by Gasteiger charge is -2.07. The molecule has 2 heterocycles.